The Morgan fingerprint density at radius 2 is 1.78 bits per heavy atom. The number of aryl methyl sites for hydroxylation is 1. The normalized spacial score (nSPS) is 12.5. The molecule has 23 heavy (non-hydrogen) atoms. The standard InChI is InChI=1S/C17H17FN2O3/c1-19-14-7-3-4-8-15(14)20(17(19)22)10-12(21)11-23-16-9-5-2-6-13(16)18/h2-9,12,21H,10-11H2,1H3/t12-/m1/s1. The number of hydrogen-bond donors (Lipinski definition) is 1. The van der Waals surface area contributed by atoms with Gasteiger partial charge < -0.3 is 9.84 Å². The second-order valence-electron chi connectivity index (χ2n) is 5.34. The van der Waals surface area contributed by atoms with Crippen molar-refractivity contribution in [1.29, 1.82) is 0 Å². The van der Waals surface area contributed by atoms with Gasteiger partial charge in [-0.05, 0) is 24.3 Å². The van der Waals surface area contributed by atoms with Gasteiger partial charge in [-0.2, -0.15) is 0 Å². The molecule has 1 N–H and O–H groups in total. The van der Waals surface area contributed by atoms with Crippen LogP contribution in [-0.4, -0.2) is 27.0 Å². The van der Waals surface area contributed by atoms with Gasteiger partial charge in [0, 0.05) is 7.05 Å². The molecule has 0 saturated heterocycles. The molecule has 0 aliphatic rings. The molecule has 0 spiro atoms. The van der Waals surface area contributed by atoms with Crippen LogP contribution in [-0.2, 0) is 13.6 Å². The van der Waals surface area contributed by atoms with Gasteiger partial charge in [-0.1, -0.05) is 24.3 Å². The van der Waals surface area contributed by atoms with E-state index in [0.29, 0.717) is 0 Å². The van der Waals surface area contributed by atoms with Crippen molar-refractivity contribution < 1.29 is 14.2 Å². The Kier molecular flexibility index (Phi) is 4.16. The van der Waals surface area contributed by atoms with Crippen molar-refractivity contribution in [1.82, 2.24) is 9.13 Å². The number of aliphatic hydroxyl groups excluding tert-OH is 1. The lowest BCUT2D eigenvalue weighted by Gasteiger charge is -2.13. The van der Waals surface area contributed by atoms with Crippen LogP contribution in [0.15, 0.2) is 53.3 Å². The smallest absolute Gasteiger partial charge is 0.328 e. The minimum absolute atomic E-state index is 0.0780. The molecular weight excluding hydrogens is 299 g/mol. The molecule has 0 radical (unpaired) electrons. The fourth-order valence-electron chi connectivity index (χ4n) is 2.55. The summed E-state index contributed by atoms with van der Waals surface area (Å²) in [6.45, 7) is -0.0226. The molecule has 5 nitrogen and oxygen atoms in total. The van der Waals surface area contributed by atoms with E-state index in [0.717, 1.165) is 11.0 Å². The lowest BCUT2D eigenvalue weighted by molar-refractivity contribution is 0.0905. The van der Waals surface area contributed by atoms with Crippen LogP contribution >= 0.6 is 0 Å². The molecule has 0 bridgehead atoms. The fourth-order valence-corrected chi connectivity index (χ4v) is 2.55. The molecule has 0 aliphatic carbocycles. The number of ether oxygens (including phenoxy) is 1. The van der Waals surface area contributed by atoms with Crippen LogP contribution in [0.2, 0.25) is 0 Å². The van der Waals surface area contributed by atoms with Crippen molar-refractivity contribution in [3.8, 4) is 5.75 Å². The average Bonchev–Trinajstić information content (AvgIpc) is 2.80. The van der Waals surface area contributed by atoms with Crippen LogP contribution in [0.25, 0.3) is 11.0 Å². The number of para-hydroxylation sites is 3. The lowest BCUT2D eigenvalue weighted by atomic mass is 10.3. The summed E-state index contributed by atoms with van der Waals surface area (Å²) in [6.07, 6.45) is -0.932. The summed E-state index contributed by atoms with van der Waals surface area (Å²) >= 11 is 0. The van der Waals surface area contributed by atoms with Crippen molar-refractivity contribution in [2.24, 2.45) is 7.05 Å². The maximum absolute atomic E-state index is 13.5. The highest BCUT2D eigenvalue weighted by molar-refractivity contribution is 5.75. The average molecular weight is 316 g/mol. The van der Waals surface area contributed by atoms with Crippen molar-refractivity contribution in [2.75, 3.05) is 6.61 Å². The van der Waals surface area contributed by atoms with Crippen molar-refractivity contribution in [3.05, 3.63) is 64.8 Å². The molecule has 2 aromatic carbocycles. The number of aliphatic hydroxyl groups is 1. The number of benzene rings is 2. The van der Waals surface area contributed by atoms with Crippen molar-refractivity contribution in [3.63, 3.8) is 0 Å². The highest BCUT2D eigenvalue weighted by atomic mass is 19.1. The first-order chi connectivity index (χ1) is 11.1. The molecule has 0 amide bonds. The Labute approximate surface area is 132 Å². The molecule has 3 aromatic rings. The van der Waals surface area contributed by atoms with Gasteiger partial charge in [0.15, 0.2) is 11.6 Å². The molecule has 0 aliphatic heterocycles. The van der Waals surface area contributed by atoms with Gasteiger partial charge in [-0.3, -0.25) is 9.13 Å². The van der Waals surface area contributed by atoms with E-state index in [1.165, 1.54) is 21.3 Å². The van der Waals surface area contributed by atoms with Gasteiger partial charge in [0.2, 0.25) is 0 Å². The van der Waals surface area contributed by atoms with Crippen LogP contribution in [0.3, 0.4) is 0 Å². The zero-order valence-electron chi connectivity index (χ0n) is 12.6. The van der Waals surface area contributed by atoms with Crippen molar-refractivity contribution >= 4 is 11.0 Å². The number of hydrogen-bond acceptors (Lipinski definition) is 3. The quantitative estimate of drug-likeness (QED) is 0.782. The molecule has 1 atom stereocenters. The van der Waals surface area contributed by atoms with E-state index in [4.69, 9.17) is 4.74 Å². The van der Waals surface area contributed by atoms with Gasteiger partial charge in [0.25, 0.3) is 0 Å². The topological polar surface area (TPSA) is 56.4 Å². The largest absolute Gasteiger partial charge is 0.488 e. The third kappa shape index (κ3) is 2.98. The first-order valence-electron chi connectivity index (χ1n) is 7.27. The molecule has 0 unspecified atom stereocenters. The summed E-state index contributed by atoms with van der Waals surface area (Å²) in [5, 5.41) is 10.1. The zero-order valence-corrected chi connectivity index (χ0v) is 12.6. The molecule has 6 heteroatoms. The highest BCUT2D eigenvalue weighted by Gasteiger charge is 2.15. The predicted molar refractivity (Wildman–Crippen MR) is 85.1 cm³/mol. The van der Waals surface area contributed by atoms with E-state index < -0.39 is 11.9 Å². The van der Waals surface area contributed by atoms with Crippen molar-refractivity contribution in [2.45, 2.75) is 12.6 Å². The van der Waals surface area contributed by atoms with E-state index in [9.17, 15) is 14.3 Å². The van der Waals surface area contributed by atoms with E-state index in [2.05, 4.69) is 0 Å². The second-order valence-corrected chi connectivity index (χ2v) is 5.34. The summed E-state index contributed by atoms with van der Waals surface area (Å²) in [5.41, 5.74) is 1.32. The third-order valence-corrected chi connectivity index (χ3v) is 3.71. The number of halogens is 1. The van der Waals surface area contributed by atoms with E-state index in [-0.39, 0.29) is 24.6 Å². The van der Waals surface area contributed by atoms with Gasteiger partial charge >= 0.3 is 5.69 Å². The van der Waals surface area contributed by atoms with Gasteiger partial charge in [-0.15, -0.1) is 0 Å². The summed E-state index contributed by atoms with van der Waals surface area (Å²) in [6, 6.07) is 13.3. The minimum atomic E-state index is -0.932. The Morgan fingerprint density at radius 1 is 1.13 bits per heavy atom. The van der Waals surface area contributed by atoms with Crippen LogP contribution in [0.4, 0.5) is 4.39 Å². The maximum atomic E-state index is 13.5. The highest BCUT2D eigenvalue weighted by Crippen LogP contribution is 2.16. The monoisotopic (exact) mass is 316 g/mol. The van der Waals surface area contributed by atoms with Gasteiger partial charge in [0.1, 0.15) is 12.7 Å². The predicted octanol–water partition coefficient (Wildman–Crippen LogP) is 1.92. The first-order valence-corrected chi connectivity index (χ1v) is 7.27. The van der Waals surface area contributed by atoms with Gasteiger partial charge in [0.05, 0.1) is 17.6 Å². The molecule has 0 saturated carbocycles. The molecule has 120 valence electrons. The van der Waals surface area contributed by atoms with Crippen LogP contribution in [0, 0.1) is 5.82 Å². The molecule has 0 fully saturated rings. The molecule has 3 rings (SSSR count). The summed E-state index contributed by atoms with van der Waals surface area (Å²) in [4.78, 5) is 12.3. The SMILES string of the molecule is Cn1c(=O)n(C[C@@H](O)COc2ccccc2F)c2ccccc21. The number of aromatic nitrogens is 2. The van der Waals surface area contributed by atoms with E-state index in [1.807, 2.05) is 24.3 Å². The van der Waals surface area contributed by atoms with E-state index >= 15 is 0 Å². The zero-order chi connectivity index (χ0) is 16.4. The van der Waals surface area contributed by atoms with Crippen LogP contribution in [0.5, 0.6) is 5.75 Å². The molecular formula is C17H17FN2O3. The second kappa shape index (κ2) is 6.26. The van der Waals surface area contributed by atoms with Gasteiger partial charge in [-0.25, -0.2) is 9.18 Å². The number of nitrogens with zero attached hydrogens (tertiary/aromatic N) is 2. The Morgan fingerprint density at radius 3 is 2.52 bits per heavy atom. The first kappa shape index (κ1) is 15.3. The number of rotatable bonds is 5. The Balaban J connectivity index is 1.76. The molecule has 1 heterocycles. The number of fused-ring (bicyclic) bond motifs is 1. The third-order valence-electron chi connectivity index (χ3n) is 3.71. The lowest BCUT2D eigenvalue weighted by Crippen LogP contribution is -2.30. The Hall–Kier alpha value is -2.60. The number of imidazole rings is 1. The fraction of sp³-hybridized carbons (Fsp3) is 0.235. The van der Waals surface area contributed by atoms with Crippen LogP contribution < -0.4 is 10.4 Å². The van der Waals surface area contributed by atoms with Crippen LogP contribution in [0.1, 0.15) is 0 Å². The Bertz CT molecular complexity index is 885. The summed E-state index contributed by atoms with van der Waals surface area (Å²) in [5.74, 6) is -0.404. The summed E-state index contributed by atoms with van der Waals surface area (Å²) in [7, 11) is 1.68. The molecule has 1 aromatic heterocycles. The maximum Gasteiger partial charge on any atom is 0.328 e. The minimum Gasteiger partial charge on any atom is -0.488 e. The van der Waals surface area contributed by atoms with E-state index in [1.54, 1.807) is 19.2 Å². The summed E-state index contributed by atoms with van der Waals surface area (Å²) < 4.78 is 21.8.